The van der Waals surface area contributed by atoms with Gasteiger partial charge >= 0.3 is 0 Å². The molecule has 1 heterocycles. The third-order valence-corrected chi connectivity index (χ3v) is 3.97. The Morgan fingerprint density at radius 2 is 1.87 bits per heavy atom. The summed E-state index contributed by atoms with van der Waals surface area (Å²) in [7, 11) is 2.18. The van der Waals surface area contributed by atoms with Gasteiger partial charge in [-0.3, -0.25) is 0 Å². The van der Waals surface area contributed by atoms with E-state index < -0.39 is 0 Å². The molecule has 0 bridgehead atoms. The fraction of sp³-hybridized carbons (Fsp3) is 1.00. The Bertz CT molecular complexity index is 194. The Kier molecular flexibility index (Phi) is 3.65. The number of rotatable bonds is 3. The van der Waals surface area contributed by atoms with Crippen LogP contribution < -0.4 is 5.32 Å². The molecule has 2 N–H and O–H groups in total. The average molecular weight is 212 g/mol. The summed E-state index contributed by atoms with van der Waals surface area (Å²) in [6.45, 7) is 3.19. The minimum atomic E-state index is -0.386. The fourth-order valence-corrected chi connectivity index (χ4v) is 2.76. The molecule has 0 unspecified atom stereocenters. The second kappa shape index (κ2) is 4.81. The molecule has 2 aliphatic rings. The zero-order chi connectivity index (χ0) is 10.7. The smallest absolute Gasteiger partial charge is 0.0771 e. The van der Waals surface area contributed by atoms with Gasteiger partial charge in [-0.1, -0.05) is 12.8 Å². The molecule has 1 saturated heterocycles. The first-order chi connectivity index (χ1) is 7.18. The van der Waals surface area contributed by atoms with Gasteiger partial charge in [0, 0.05) is 12.6 Å². The van der Waals surface area contributed by atoms with E-state index >= 15 is 0 Å². The van der Waals surface area contributed by atoms with Crippen LogP contribution in [0.15, 0.2) is 0 Å². The molecule has 0 aromatic rings. The monoisotopic (exact) mass is 212 g/mol. The van der Waals surface area contributed by atoms with Crippen LogP contribution >= 0.6 is 0 Å². The van der Waals surface area contributed by atoms with Gasteiger partial charge in [0.25, 0.3) is 0 Å². The summed E-state index contributed by atoms with van der Waals surface area (Å²) in [5.41, 5.74) is -0.386. The quantitative estimate of drug-likeness (QED) is 0.732. The van der Waals surface area contributed by atoms with Gasteiger partial charge < -0.3 is 15.3 Å². The van der Waals surface area contributed by atoms with Crippen molar-refractivity contribution < 1.29 is 5.11 Å². The summed E-state index contributed by atoms with van der Waals surface area (Å²) >= 11 is 0. The molecule has 0 spiro atoms. The second-order valence-corrected chi connectivity index (χ2v) is 5.39. The molecule has 1 aliphatic heterocycles. The summed E-state index contributed by atoms with van der Waals surface area (Å²) in [5, 5.41) is 13.7. The van der Waals surface area contributed by atoms with Gasteiger partial charge in [0.2, 0.25) is 0 Å². The summed E-state index contributed by atoms with van der Waals surface area (Å²) in [4.78, 5) is 2.38. The molecular weight excluding hydrogens is 188 g/mol. The van der Waals surface area contributed by atoms with Crippen LogP contribution in [0.2, 0.25) is 0 Å². The first-order valence-corrected chi connectivity index (χ1v) is 6.32. The minimum Gasteiger partial charge on any atom is -0.389 e. The van der Waals surface area contributed by atoms with Gasteiger partial charge in [-0.25, -0.2) is 0 Å². The summed E-state index contributed by atoms with van der Waals surface area (Å²) in [6.07, 6.45) is 6.84. The lowest BCUT2D eigenvalue weighted by Crippen LogP contribution is -2.46. The highest BCUT2D eigenvalue weighted by Gasteiger charge is 2.31. The van der Waals surface area contributed by atoms with Crippen LogP contribution in [0.25, 0.3) is 0 Å². The number of piperidine rings is 1. The first-order valence-electron chi connectivity index (χ1n) is 6.32. The molecule has 3 nitrogen and oxygen atoms in total. The van der Waals surface area contributed by atoms with Crippen molar-refractivity contribution in [1.29, 1.82) is 0 Å². The molecule has 88 valence electrons. The van der Waals surface area contributed by atoms with E-state index in [0.29, 0.717) is 6.04 Å². The van der Waals surface area contributed by atoms with E-state index in [1.165, 1.54) is 38.8 Å². The Hall–Kier alpha value is -0.120. The predicted molar refractivity (Wildman–Crippen MR) is 61.9 cm³/mol. The molecule has 0 atom stereocenters. The Morgan fingerprint density at radius 1 is 1.27 bits per heavy atom. The van der Waals surface area contributed by atoms with Gasteiger partial charge in [-0.15, -0.1) is 0 Å². The third-order valence-electron chi connectivity index (χ3n) is 3.97. The van der Waals surface area contributed by atoms with Crippen LogP contribution in [0.4, 0.5) is 0 Å². The molecule has 0 radical (unpaired) electrons. The first kappa shape index (κ1) is 11.4. The molecular formula is C12H24N2O. The van der Waals surface area contributed by atoms with Crippen LogP contribution in [0, 0.1) is 0 Å². The molecule has 0 aromatic carbocycles. The van der Waals surface area contributed by atoms with Crippen molar-refractivity contribution in [1.82, 2.24) is 10.2 Å². The molecule has 2 fully saturated rings. The van der Waals surface area contributed by atoms with Crippen LogP contribution in [0.5, 0.6) is 0 Å². The highest BCUT2D eigenvalue weighted by atomic mass is 16.3. The largest absolute Gasteiger partial charge is 0.389 e. The molecule has 3 heteroatoms. The number of nitrogens with zero attached hydrogens (tertiary/aromatic N) is 1. The lowest BCUT2D eigenvalue weighted by atomic mass is 10.00. The maximum Gasteiger partial charge on any atom is 0.0771 e. The Morgan fingerprint density at radius 3 is 2.47 bits per heavy atom. The number of aliphatic hydroxyl groups is 1. The molecule has 15 heavy (non-hydrogen) atoms. The van der Waals surface area contributed by atoms with Crippen molar-refractivity contribution in [3.05, 3.63) is 0 Å². The van der Waals surface area contributed by atoms with E-state index in [2.05, 4.69) is 17.3 Å². The highest BCUT2D eigenvalue weighted by Crippen LogP contribution is 2.28. The minimum absolute atomic E-state index is 0.386. The summed E-state index contributed by atoms with van der Waals surface area (Å²) in [5.74, 6) is 0. The maximum atomic E-state index is 10.2. The number of likely N-dealkylation sites (tertiary alicyclic amines) is 1. The molecule has 1 aliphatic carbocycles. The lowest BCUT2D eigenvalue weighted by Gasteiger charge is -2.32. The van der Waals surface area contributed by atoms with E-state index in [-0.39, 0.29) is 5.60 Å². The number of hydrogen-bond donors (Lipinski definition) is 2. The van der Waals surface area contributed by atoms with Crippen molar-refractivity contribution >= 4 is 0 Å². The topological polar surface area (TPSA) is 35.5 Å². The average Bonchev–Trinajstić information content (AvgIpc) is 2.65. The molecule has 1 saturated carbocycles. The van der Waals surface area contributed by atoms with Gasteiger partial charge in [0.05, 0.1) is 5.60 Å². The lowest BCUT2D eigenvalue weighted by molar-refractivity contribution is 0.0422. The molecule has 2 rings (SSSR count). The standard InChI is InChI=1S/C12H24N2O/c1-14-8-4-11(5-9-14)13-10-12(15)6-2-3-7-12/h11,13,15H,2-10H2,1H3. The van der Waals surface area contributed by atoms with E-state index in [4.69, 9.17) is 0 Å². The van der Waals surface area contributed by atoms with Crippen molar-refractivity contribution in [3.8, 4) is 0 Å². The van der Waals surface area contributed by atoms with Gasteiger partial charge in [0.1, 0.15) is 0 Å². The second-order valence-electron chi connectivity index (χ2n) is 5.39. The third kappa shape index (κ3) is 3.16. The van der Waals surface area contributed by atoms with Gasteiger partial charge in [-0.05, 0) is 45.8 Å². The van der Waals surface area contributed by atoms with Crippen molar-refractivity contribution in [2.75, 3.05) is 26.7 Å². The van der Waals surface area contributed by atoms with Crippen LogP contribution in [0.1, 0.15) is 38.5 Å². The van der Waals surface area contributed by atoms with E-state index in [9.17, 15) is 5.11 Å². The summed E-state index contributed by atoms with van der Waals surface area (Å²) < 4.78 is 0. The zero-order valence-electron chi connectivity index (χ0n) is 9.84. The molecule has 0 amide bonds. The van der Waals surface area contributed by atoms with E-state index in [1.807, 2.05) is 0 Å². The van der Waals surface area contributed by atoms with Crippen molar-refractivity contribution in [3.63, 3.8) is 0 Å². The zero-order valence-corrected chi connectivity index (χ0v) is 9.84. The van der Waals surface area contributed by atoms with Gasteiger partial charge in [-0.2, -0.15) is 0 Å². The molecule has 0 aromatic heterocycles. The normalized spacial score (nSPS) is 28.4. The van der Waals surface area contributed by atoms with E-state index in [0.717, 1.165) is 19.4 Å². The SMILES string of the molecule is CN1CCC(NCC2(O)CCCC2)CC1. The van der Waals surface area contributed by atoms with Crippen LogP contribution in [-0.2, 0) is 0 Å². The Balaban J connectivity index is 1.69. The Labute approximate surface area is 92.8 Å². The van der Waals surface area contributed by atoms with Crippen molar-refractivity contribution in [2.24, 2.45) is 0 Å². The van der Waals surface area contributed by atoms with Crippen molar-refractivity contribution in [2.45, 2.75) is 50.2 Å². The maximum absolute atomic E-state index is 10.2. The fourth-order valence-electron chi connectivity index (χ4n) is 2.76. The van der Waals surface area contributed by atoms with E-state index in [1.54, 1.807) is 0 Å². The van der Waals surface area contributed by atoms with Crippen LogP contribution in [0.3, 0.4) is 0 Å². The number of hydrogen-bond acceptors (Lipinski definition) is 3. The van der Waals surface area contributed by atoms with Crippen LogP contribution in [-0.4, -0.2) is 48.3 Å². The predicted octanol–water partition coefficient (Wildman–Crippen LogP) is 0.975. The summed E-state index contributed by atoms with van der Waals surface area (Å²) in [6, 6.07) is 0.630. The highest BCUT2D eigenvalue weighted by molar-refractivity contribution is 4.88. The van der Waals surface area contributed by atoms with Gasteiger partial charge in [0.15, 0.2) is 0 Å². The number of nitrogens with one attached hydrogen (secondary N) is 1.